The van der Waals surface area contributed by atoms with Crippen molar-refractivity contribution in [2.45, 2.75) is 99.3 Å². The number of nitrogens with zero attached hydrogens (tertiary/aromatic N) is 2. The molecule has 0 radical (unpaired) electrons. The molecule has 188 valence electrons. The number of hydrogen-bond acceptors (Lipinski definition) is 3. The molecule has 1 N–H and O–H groups in total. The highest BCUT2D eigenvalue weighted by molar-refractivity contribution is 6.10. The third kappa shape index (κ3) is 3.94. The Morgan fingerprint density at radius 1 is 1.21 bits per heavy atom. The molecule has 5 heteroatoms. The number of benzene rings is 1. The molecule has 1 unspecified atom stereocenters. The molecule has 4 rings (SSSR count). The van der Waals surface area contributed by atoms with Gasteiger partial charge >= 0.3 is 0 Å². The summed E-state index contributed by atoms with van der Waals surface area (Å²) in [6.45, 7) is 19.9. The van der Waals surface area contributed by atoms with Crippen molar-refractivity contribution in [2.75, 3.05) is 13.7 Å². The minimum absolute atomic E-state index is 0.0610. The van der Waals surface area contributed by atoms with Crippen LogP contribution in [-0.4, -0.2) is 47.2 Å². The number of ether oxygens (including phenoxy) is 1. The Kier molecular flexibility index (Phi) is 6.56. The summed E-state index contributed by atoms with van der Waals surface area (Å²) in [5, 5.41) is 4.53. The lowest BCUT2D eigenvalue weighted by Crippen LogP contribution is -2.52. The number of aromatic nitrogens is 1. The van der Waals surface area contributed by atoms with E-state index < -0.39 is 0 Å². The summed E-state index contributed by atoms with van der Waals surface area (Å²) in [4.78, 5) is 16.4. The van der Waals surface area contributed by atoms with Crippen LogP contribution in [0.15, 0.2) is 18.2 Å². The average molecular weight is 468 g/mol. The van der Waals surface area contributed by atoms with Crippen LogP contribution in [0.3, 0.4) is 0 Å². The van der Waals surface area contributed by atoms with Gasteiger partial charge in [-0.2, -0.15) is 0 Å². The maximum Gasteiger partial charge on any atom is 0.253 e. The lowest BCUT2D eigenvalue weighted by molar-refractivity contribution is 0.0738. The molecule has 1 amide bonds. The summed E-state index contributed by atoms with van der Waals surface area (Å²) in [6, 6.07) is 7.21. The number of carbonyl (C=O) groups is 1. The van der Waals surface area contributed by atoms with Gasteiger partial charge in [0.05, 0.1) is 18.2 Å². The van der Waals surface area contributed by atoms with Crippen LogP contribution in [0.4, 0.5) is 0 Å². The van der Waals surface area contributed by atoms with Crippen molar-refractivity contribution in [1.82, 2.24) is 14.8 Å². The van der Waals surface area contributed by atoms with Crippen LogP contribution < -0.4 is 10.1 Å². The van der Waals surface area contributed by atoms with E-state index in [1.54, 1.807) is 7.11 Å². The Labute approximate surface area is 206 Å². The Bertz CT molecular complexity index is 1050. The van der Waals surface area contributed by atoms with Gasteiger partial charge in [-0.15, -0.1) is 0 Å². The molecule has 2 fully saturated rings. The van der Waals surface area contributed by atoms with Gasteiger partial charge in [-0.05, 0) is 76.7 Å². The van der Waals surface area contributed by atoms with Crippen molar-refractivity contribution in [1.29, 1.82) is 0 Å². The molecule has 1 aromatic carbocycles. The topological polar surface area (TPSA) is 46.5 Å². The molecule has 0 spiro atoms. The lowest BCUT2D eigenvalue weighted by atomic mass is 9.68. The fraction of sp³-hybridized carbons (Fsp3) is 0.690. The molecule has 3 atom stereocenters. The summed E-state index contributed by atoms with van der Waals surface area (Å²) in [5.41, 5.74) is 3.18. The molecule has 2 bridgehead atoms. The third-order valence-corrected chi connectivity index (χ3v) is 9.21. The van der Waals surface area contributed by atoms with E-state index in [1.165, 1.54) is 19.3 Å². The van der Waals surface area contributed by atoms with Gasteiger partial charge in [-0.1, -0.05) is 32.9 Å². The van der Waals surface area contributed by atoms with E-state index in [-0.39, 0.29) is 22.8 Å². The zero-order valence-corrected chi connectivity index (χ0v) is 22.8. The molecule has 2 saturated carbocycles. The fourth-order valence-corrected chi connectivity index (χ4v) is 7.42. The van der Waals surface area contributed by atoms with E-state index in [0.29, 0.717) is 18.0 Å². The number of fused-ring (bicyclic) bond motifs is 3. The quantitative estimate of drug-likeness (QED) is 0.516. The van der Waals surface area contributed by atoms with Crippen molar-refractivity contribution < 1.29 is 9.53 Å². The van der Waals surface area contributed by atoms with Crippen LogP contribution in [0.1, 0.15) is 83.8 Å². The van der Waals surface area contributed by atoms with Crippen LogP contribution in [0.25, 0.3) is 10.9 Å². The summed E-state index contributed by atoms with van der Waals surface area (Å²) in [6.07, 6.45) is 3.72. The number of para-hydroxylation sites is 1. The van der Waals surface area contributed by atoms with Gasteiger partial charge in [0.25, 0.3) is 5.91 Å². The van der Waals surface area contributed by atoms with E-state index in [2.05, 4.69) is 76.2 Å². The highest BCUT2D eigenvalue weighted by Crippen LogP contribution is 2.62. The number of hydrogen-bond donors (Lipinski definition) is 1. The van der Waals surface area contributed by atoms with Crippen LogP contribution in [0, 0.1) is 23.7 Å². The molecule has 0 saturated heterocycles. The predicted molar refractivity (Wildman–Crippen MR) is 141 cm³/mol. The smallest absolute Gasteiger partial charge is 0.253 e. The monoisotopic (exact) mass is 467 g/mol. The van der Waals surface area contributed by atoms with Crippen LogP contribution in [-0.2, 0) is 6.54 Å². The second kappa shape index (κ2) is 8.89. The predicted octanol–water partition coefficient (Wildman–Crippen LogP) is 6.02. The van der Waals surface area contributed by atoms with E-state index in [9.17, 15) is 4.79 Å². The second-order valence-electron chi connectivity index (χ2n) is 12.2. The number of amides is 1. The van der Waals surface area contributed by atoms with Crippen molar-refractivity contribution in [3.05, 3.63) is 29.5 Å². The highest BCUT2D eigenvalue weighted by Gasteiger charge is 2.59. The Hall–Kier alpha value is -2.01. The zero-order chi connectivity index (χ0) is 25.0. The maximum atomic E-state index is 13.9. The summed E-state index contributed by atoms with van der Waals surface area (Å²) >= 11 is 0. The van der Waals surface area contributed by atoms with Crippen LogP contribution in [0.2, 0.25) is 0 Å². The molecular formula is C29H45N3O2. The molecule has 5 nitrogen and oxygen atoms in total. The first-order valence-electron chi connectivity index (χ1n) is 13.1. The largest absolute Gasteiger partial charge is 0.495 e. The van der Waals surface area contributed by atoms with Crippen molar-refractivity contribution in [3.8, 4) is 5.75 Å². The third-order valence-electron chi connectivity index (χ3n) is 9.21. The van der Waals surface area contributed by atoms with Crippen LogP contribution >= 0.6 is 0 Å². The maximum absolute atomic E-state index is 13.9. The van der Waals surface area contributed by atoms with E-state index in [4.69, 9.17) is 4.74 Å². The van der Waals surface area contributed by atoms with Crippen molar-refractivity contribution in [3.63, 3.8) is 0 Å². The minimum atomic E-state index is 0.0610. The summed E-state index contributed by atoms with van der Waals surface area (Å²) in [7, 11) is 1.72. The van der Waals surface area contributed by atoms with Crippen molar-refractivity contribution in [2.24, 2.45) is 16.7 Å². The normalized spacial score (nSPS) is 25.8. The molecule has 1 heterocycles. The first-order valence-corrected chi connectivity index (χ1v) is 13.1. The van der Waals surface area contributed by atoms with Gasteiger partial charge < -0.3 is 14.6 Å². The van der Waals surface area contributed by atoms with Gasteiger partial charge in [-0.3, -0.25) is 9.69 Å². The number of carbonyl (C=O) groups excluding carboxylic acids is 1. The van der Waals surface area contributed by atoms with Crippen molar-refractivity contribution >= 4 is 16.8 Å². The standard InChI is InChI=1S/C29H45N3O2/c1-18(2)31(19(3)4)15-16-32-20(5)24(22-11-10-12-23(34-9)25(22)32)26(33)30-27-28(6,7)21-13-14-29(27,8)17-21/h10-12,18-19,21,27H,13-17H2,1-9H3,(H,30,33)/t21?,27-,29+/m1/s1. The number of nitrogens with one attached hydrogen (secondary N) is 1. The zero-order valence-electron chi connectivity index (χ0n) is 22.8. The highest BCUT2D eigenvalue weighted by atomic mass is 16.5. The van der Waals surface area contributed by atoms with Gasteiger partial charge in [0.1, 0.15) is 5.75 Å². The van der Waals surface area contributed by atoms with E-state index >= 15 is 0 Å². The Morgan fingerprint density at radius 3 is 2.44 bits per heavy atom. The van der Waals surface area contributed by atoms with Gasteiger partial charge in [0, 0.05) is 42.3 Å². The van der Waals surface area contributed by atoms with Gasteiger partial charge in [0.15, 0.2) is 0 Å². The number of rotatable bonds is 8. The number of methoxy groups -OCH3 is 1. The first-order chi connectivity index (χ1) is 15.9. The molecule has 0 aliphatic heterocycles. The lowest BCUT2D eigenvalue weighted by Gasteiger charge is -2.43. The van der Waals surface area contributed by atoms with Crippen LogP contribution in [0.5, 0.6) is 5.75 Å². The SMILES string of the molecule is COc1cccc2c(C(=O)N[C@@H]3C(C)(C)C4CC[C@@]3(C)C4)c(C)n(CCN(C(C)C)C(C)C)c12. The van der Waals surface area contributed by atoms with E-state index in [1.807, 2.05) is 12.1 Å². The minimum Gasteiger partial charge on any atom is -0.495 e. The van der Waals surface area contributed by atoms with Gasteiger partial charge in [0.2, 0.25) is 0 Å². The molecule has 1 aromatic heterocycles. The Balaban J connectivity index is 1.72. The molecule has 34 heavy (non-hydrogen) atoms. The molecule has 2 aliphatic carbocycles. The average Bonchev–Trinajstić information content (AvgIpc) is 3.35. The summed E-state index contributed by atoms with van der Waals surface area (Å²) < 4.78 is 8.07. The van der Waals surface area contributed by atoms with Gasteiger partial charge in [-0.25, -0.2) is 0 Å². The fourth-order valence-electron chi connectivity index (χ4n) is 7.42. The molecular weight excluding hydrogens is 422 g/mol. The molecule has 2 aliphatic rings. The summed E-state index contributed by atoms with van der Waals surface area (Å²) in [5.74, 6) is 1.59. The molecule has 2 aromatic rings. The first kappa shape index (κ1) is 25.1. The van der Waals surface area contributed by atoms with E-state index in [0.717, 1.165) is 41.0 Å². The second-order valence-corrected chi connectivity index (χ2v) is 12.2. The Morgan fingerprint density at radius 2 is 1.88 bits per heavy atom.